The molecule has 2 rings (SSSR count). The van der Waals surface area contributed by atoms with Gasteiger partial charge in [0.15, 0.2) is 0 Å². The first-order chi connectivity index (χ1) is 11.5. The maximum absolute atomic E-state index is 2.40. The Labute approximate surface area is 164 Å². The fourth-order valence-corrected chi connectivity index (χ4v) is 9.11. The highest BCUT2D eigenvalue weighted by Gasteiger charge is 2.22. The highest BCUT2D eigenvalue weighted by Crippen LogP contribution is 2.48. The van der Waals surface area contributed by atoms with E-state index in [1.807, 2.05) is 0 Å². The van der Waals surface area contributed by atoms with Crippen molar-refractivity contribution in [2.75, 3.05) is 40.0 Å². The van der Waals surface area contributed by atoms with E-state index in [2.05, 4.69) is 95.4 Å². The minimum Gasteiger partial charge on any atom is -0.192 e. The van der Waals surface area contributed by atoms with Crippen LogP contribution in [0.5, 0.6) is 0 Å². The maximum Gasteiger partial charge on any atom is 0.0431 e. The Morgan fingerprint density at radius 2 is 0.885 bits per heavy atom. The predicted molar refractivity (Wildman–Crippen MR) is 132 cm³/mol. The highest BCUT2D eigenvalue weighted by molar-refractivity contribution is 7.81. The lowest BCUT2D eigenvalue weighted by atomic mass is 10.1. The normalized spacial score (nSPS) is 15.7. The van der Waals surface area contributed by atoms with Crippen LogP contribution in [0.1, 0.15) is 49.9 Å². The van der Waals surface area contributed by atoms with E-state index in [9.17, 15) is 0 Å². The lowest BCUT2D eigenvalue weighted by molar-refractivity contribution is 1.31. The first kappa shape index (κ1) is 23.6. The highest BCUT2D eigenvalue weighted by atomic mass is 31.2. The second-order valence-electron chi connectivity index (χ2n) is 9.72. The van der Waals surface area contributed by atoms with Gasteiger partial charge in [-0.3, -0.25) is 0 Å². The van der Waals surface area contributed by atoms with Gasteiger partial charge in [-0.15, -0.1) is 18.0 Å². The van der Waals surface area contributed by atoms with Crippen molar-refractivity contribution in [3.05, 3.63) is 44.5 Å². The molecular formula is C24H42P2. The summed E-state index contributed by atoms with van der Waals surface area (Å²) in [7, 11) is -0.849. The van der Waals surface area contributed by atoms with Gasteiger partial charge in [-0.25, -0.2) is 0 Å². The smallest absolute Gasteiger partial charge is 0.0431 e. The molecule has 0 radical (unpaired) electrons. The van der Waals surface area contributed by atoms with Crippen LogP contribution >= 0.6 is 14.1 Å². The molecule has 1 aliphatic rings. The summed E-state index contributed by atoms with van der Waals surface area (Å²) < 4.78 is 0. The molecule has 0 heterocycles. The standard InChI is InChI=1S/2C12H21P/c2*1-8-9(2)11(4)12(10(8)3)13(5,6)7/h2*1-7H3. The summed E-state index contributed by atoms with van der Waals surface area (Å²) in [5.74, 6) is 0. The maximum atomic E-state index is 2.40. The Hall–Kier alpha value is -0.440. The summed E-state index contributed by atoms with van der Waals surface area (Å²) in [6.45, 7) is 31.7. The van der Waals surface area contributed by atoms with Gasteiger partial charge in [0.25, 0.3) is 0 Å². The molecule has 2 heteroatoms. The van der Waals surface area contributed by atoms with Gasteiger partial charge in [0, 0.05) is 20.0 Å². The van der Waals surface area contributed by atoms with Gasteiger partial charge in [-0.2, -0.15) is 11.1 Å². The molecular weight excluding hydrogens is 350 g/mol. The number of allylic oxidation sites excluding steroid dienone is 4. The lowest BCUT2D eigenvalue weighted by Crippen LogP contribution is -2.12. The minimum absolute atomic E-state index is 0.849. The van der Waals surface area contributed by atoms with Crippen LogP contribution < -0.4 is 5.30 Å². The Balaban J connectivity index is 0.000000260. The van der Waals surface area contributed by atoms with Crippen molar-refractivity contribution >= 4 is 24.7 Å². The van der Waals surface area contributed by atoms with Gasteiger partial charge in [0.05, 0.1) is 0 Å². The molecule has 0 saturated heterocycles. The van der Waals surface area contributed by atoms with Crippen molar-refractivity contribution in [3.8, 4) is 0 Å². The van der Waals surface area contributed by atoms with Crippen molar-refractivity contribution < 1.29 is 0 Å². The van der Waals surface area contributed by atoms with Gasteiger partial charge in [0.2, 0.25) is 0 Å². The average Bonchev–Trinajstić information content (AvgIpc) is 2.79. The number of hydrogen-bond donors (Lipinski definition) is 0. The quantitative estimate of drug-likeness (QED) is 0.359. The second kappa shape index (κ2) is 7.89. The molecule has 0 amide bonds. The van der Waals surface area contributed by atoms with Crippen LogP contribution in [-0.2, 0) is 0 Å². The Morgan fingerprint density at radius 3 is 1.04 bits per heavy atom. The van der Waals surface area contributed by atoms with E-state index < -0.39 is 14.1 Å². The van der Waals surface area contributed by atoms with Crippen molar-refractivity contribution in [1.29, 1.82) is 0 Å². The molecule has 0 nitrogen and oxygen atoms in total. The summed E-state index contributed by atoms with van der Waals surface area (Å²) in [5, 5.41) is 3.31. The zero-order valence-electron chi connectivity index (χ0n) is 19.9. The zero-order chi connectivity index (χ0) is 20.8. The van der Waals surface area contributed by atoms with Crippen molar-refractivity contribution in [2.45, 2.75) is 55.4 Å². The lowest BCUT2D eigenvalue weighted by Gasteiger charge is -2.20. The molecule has 0 spiro atoms. The summed E-state index contributed by atoms with van der Waals surface area (Å²) in [6, 6.07) is 0. The molecule has 0 atom stereocenters. The van der Waals surface area contributed by atoms with E-state index >= 15 is 0 Å². The van der Waals surface area contributed by atoms with Gasteiger partial charge in [-0.05, 0) is 87.8 Å². The molecule has 0 aliphatic heterocycles. The van der Waals surface area contributed by atoms with Crippen LogP contribution in [0.25, 0.3) is 0 Å². The molecule has 148 valence electrons. The van der Waals surface area contributed by atoms with E-state index in [-0.39, 0.29) is 0 Å². The third-order valence-corrected chi connectivity index (χ3v) is 10.2. The third-order valence-electron chi connectivity index (χ3n) is 6.14. The van der Waals surface area contributed by atoms with Gasteiger partial charge in [-0.1, -0.05) is 27.7 Å². The van der Waals surface area contributed by atoms with E-state index in [0.29, 0.717) is 0 Å². The average molecular weight is 393 g/mol. The molecule has 1 aromatic rings. The van der Waals surface area contributed by atoms with Gasteiger partial charge >= 0.3 is 0 Å². The van der Waals surface area contributed by atoms with Crippen molar-refractivity contribution in [2.24, 2.45) is 0 Å². The van der Waals surface area contributed by atoms with Crippen molar-refractivity contribution in [1.82, 2.24) is 0 Å². The van der Waals surface area contributed by atoms with E-state index in [1.165, 1.54) is 44.5 Å². The third kappa shape index (κ3) is 4.51. The first-order valence-electron chi connectivity index (χ1n) is 9.63. The van der Waals surface area contributed by atoms with Crippen LogP contribution in [-0.4, -0.2) is 45.3 Å². The Kier molecular flexibility index (Phi) is 7.16. The fraction of sp³-hybridized carbons (Fsp3) is 0.583. The molecule has 0 bridgehead atoms. The molecule has 1 aliphatic carbocycles. The van der Waals surface area contributed by atoms with E-state index in [1.54, 1.807) is 10.6 Å². The van der Waals surface area contributed by atoms with Crippen LogP contribution in [0, 0.1) is 27.7 Å². The van der Waals surface area contributed by atoms with Gasteiger partial charge in [0.1, 0.15) is 0 Å². The van der Waals surface area contributed by atoms with E-state index in [0.717, 1.165) is 0 Å². The summed E-state index contributed by atoms with van der Waals surface area (Å²) in [6.07, 6.45) is 0. The SMILES string of the molecule is CC1=C(C)C(=P(C)(C)C)C(C)=C1C.Cc1c(C)c(C)[c-]([P+](C)(C)C)c1C. The van der Waals surface area contributed by atoms with Gasteiger partial charge < -0.3 is 0 Å². The second-order valence-corrected chi connectivity index (χ2v) is 18.7. The largest absolute Gasteiger partial charge is 0.192 e. The molecule has 0 unspecified atom stereocenters. The topological polar surface area (TPSA) is 0 Å². The van der Waals surface area contributed by atoms with E-state index in [4.69, 9.17) is 0 Å². The number of rotatable bonds is 1. The summed E-state index contributed by atoms with van der Waals surface area (Å²) in [5.41, 5.74) is 12.2. The Bertz CT molecular complexity index is 765. The predicted octanol–water partition coefficient (Wildman–Crippen LogP) is 6.92. The molecule has 26 heavy (non-hydrogen) atoms. The Morgan fingerprint density at radius 1 is 0.577 bits per heavy atom. The molecule has 0 fully saturated rings. The van der Waals surface area contributed by atoms with Crippen molar-refractivity contribution in [3.63, 3.8) is 0 Å². The van der Waals surface area contributed by atoms with Crippen LogP contribution in [0.2, 0.25) is 0 Å². The molecule has 0 N–H and O–H groups in total. The number of hydrogen-bond acceptors (Lipinski definition) is 0. The monoisotopic (exact) mass is 392 g/mol. The summed E-state index contributed by atoms with van der Waals surface area (Å²) in [4.78, 5) is 0. The van der Waals surface area contributed by atoms with Crippen LogP contribution in [0.3, 0.4) is 0 Å². The first-order valence-corrected chi connectivity index (χ1v) is 15.9. The molecule has 0 saturated carbocycles. The van der Waals surface area contributed by atoms with Crippen LogP contribution in [0.15, 0.2) is 22.3 Å². The summed E-state index contributed by atoms with van der Waals surface area (Å²) >= 11 is 0. The van der Waals surface area contributed by atoms with Crippen LogP contribution in [0.4, 0.5) is 0 Å². The fourth-order valence-electron chi connectivity index (χ4n) is 4.41. The molecule has 1 aromatic carbocycles. The molecule has 0 aromatic heterocycles. The zero-order valence-corrected chi connectivity index (χ0v) is 21.7. The minimum atomic E-state index is -0.849.